The van der Waals surface area contributed by atoms with E-state index in [-0.39, 0.29) is 6.54 Å². The third-order valence-corrected chi connectivity index (χ3v) is 3.73. The minimum Gasteiger partial charge on any atom is -0.497 e. The van der Waals surface area contributed by atoms with Crippen LogP contribution in [0.2, 0.25) is 0 Å². The molecular weight excluding hydrogens is 316 g/mol. The maximum Gasteiger partial charge on any atom is 0.349 e. The molecule has 0 aliphatic heterocycles. The first-order valence-corrected chi connectivity index (χ1v) is 7.36. The molecule has 0 spiro atoms. The van der Waals surface area contributed by atoms with Gasteiger partial charge >= 0.3 is 5.92 Å². The summed E-state index contributed by atoms with van der Waals surface area (Å²) in [7, 11) is 1.42. The van der Waals surface area contributed by atoms with Gasteiger partial charge in [-0.25, -0.2) is 0 Å². The Morgan fingerprint density at radius 3 is 2.21 bits per heavy atom. The Bertz CT molecular complexity index is 685. The Morgan fingerprint density at radius 1 is 1.08 bits per heavy atom. The van der Waals surface area contributed by atoms with E-state index in [4.69, 9.17) is 4.74 Å². The Morgan fingerprint density at radius 2 is 1.67 bits per heavy atom. The lowest BCUT2D eigenvalue weighted by Crippen LogP contribution is -2.44. The number of benzene rings is 2. The van der Waals surface area contributed by atoms with E-state index in [9.17, 15) is 18.7 Å². The summed E-state index contributed by atoms with van der Waals surface area (Å²) in [5, 5.41) is 12.5. The van der Waals surface area contributed by atoms with E-state index in [1.807, 2.05) is 0 Å². The van der Waals surface area contributed by atoms with Crippen LogP contribution in [0.1, 0.15) is 18.1 Å². The van der Waals surface area contributed by atoms with Crippen molar-refractivity contribution in [3.05, 3.63) is 65.7 Å². The van der Waals surface area contributed by atoms with Crippen LogP contribution in [0, 0.1) is 0 Å². The van der Waals surface area contributed by atoms with Gasteiger partial charge in [-0.1, -0.05) is 30.3 Å². The number of nitrogens with one attached hydrogen (secondary N) is 1. The van der Waals surface area contributed by atoms with Gasteiger partial charge in [-0.2, -0.15) is 8.78 Å². The number of hydrogen-bond acceptors (Lipinski definition) is 3. The maximum absolute atomic E-state index is 14.2. The first-order chi connectivity index (χ1) is 11.3. The molecule has 2 aromatic carbocycles. The molecule has 0 aliphatic carbocycles. The number of amides is 1. The van der Waals surface area contributed by atoms with Gasteiger partial charge < -0.3 is 15.2 Å². The van der Waals surface area contributed by atoms with Crippen LogP contribution in [0.15, 0.2) is 54.6 Å². The molecule has 0 saturated heterocycles. The van der Waals surface area contributed by atoms with Crippen LogP contribution in [0.4, 0.5) is 8.78 Å². The number of ether oxygens (including phenoxy) is 1. The standard InChI is InChI=1S/C18H19F2NO3/c1-17(23,13-6-4-3-5-7-13)12-21-16(22)18(19,20)14-8-10-15(24-2)11-9-14/h3-11,23H,12H2,1-2H3,(H,21,22). The lowest BCUT2D eigenvalue weighted by atomic mass is 9.96. The third kappa shape index (κ3) is 3.89. The molecule has 1 unspecified atom stereocenters. The number of carbonyl (C=O) groups excluding carboxylic acids is 1. The lowest BCUT2D eigenvalue weighted by Gasteiger charge is -2.25. The minimum atomic E-state index is -3.71. The van der Waals surface area contributed by atoms with Crippen LogP contribution >= 0.6 is 0 Å². The molecule has 0 aliphatic rings. The fourth-order valence-corrected chi connectivity index (χ4v) is 2.19. The zero-order chi connectivity index (χ0) is 17.8. The molecule has 2 N–H and O–H groups in total. The zero-order valence-corrected chi connectivity index (χ0v) is 13.4. The number of rotatable bonds is 6. The second-order valence-electron chi connectivity index (χ2n) is 5.63. The van der Waals surface area contributed by atoms with Crippen molar-refractivity contribution in [1.82, 2.24) is 5.32 Å². The highest BCUT2D eigenvalue weighted by Crippen LogP contribution is 2.30. The highest BCUT2D eigenvalue weighted by molar-refractivity contribution is 5.84. The van der Waals surface area contributed by atoms with Crippen LogP contribution in [0.25, 0.3) is 0 Å². The molecule has 0 heterocycles. The minimum absolute atomic E-state index is 0.332. The largest absolute Gasteiger partial charge is 0.497 e. The summed E-state index contributed by atoms with van der Waals surface area (Å²) in [5.74, 6) is -4.76. The van der Waals surface area contributed by atoms with E-state index in [1.54, 1.807) is 30.3 Å². The normalized spacial score (nSPS) is 13.9. The average Bonchev–Trinajstić information content (AvgIpc) is 2.60. The van der Waals surface area contributed by atoms with Crippen LogP contribution in [-0.2, 0) is 16.3 Å². The molecule has 0 bridgehead atoms. The number of alkyl halides is 2. The lowest BCUT2D eigenvalue weighted by molar-refractivity contribution is -0.148. The van der Waals surface area contributed by atoms with E-state index in [0.717, 1.165) is 12.1 Å². The number of aliphatic hydroxyl groups is 1. The van der Waals surface area contributed by atoms with Gasteiger partial charge in [0.2, 0.25) is 0 Å². The van der Waals surface area contributed by atoms with Crippen LogP contribution < -0.4 is 10.1 Å². The van der Waals surface area contributed by atoms with E-state index in [1.165, 1.54) is 26.2 Å². The molecule has 6 heteroatoms. The van der Waals surface area contributed by atoms with Crippen molar-refractivity contribution in [2.45, 2.75) is 18.4 Å². The van der Waals surface area contributed by atoms with E-state index in [0.29, 0.717) is 11.3 Å². The van der Waals surface area contributed by atoms with Crippen molar-refractivity contribution in [1.29, 1.82) is 0 Å². The molecule has 2 aromatic rings. The fraction of sp³-hybridized carbons (Fsp3) is 0.278. The summed E-state index contributed by atoms with van der Waals surface area (Å²) < 4.78 is 33.4. The molecular formula is C18H19F2NO3. The van der Waals surface area contributed by atoms with Gasteiger partial charge in [-0.3, -0.25) is 4.79 Å². The Hall–Kier alpha value is -2.47. The molecule has 0 radical (unpaired) electrons. The monoisotopic (exact) mass is 335 g/mol. The van der Waals surface area contributed by atoms with Gasteiger partial charge in [-0.05, 0) is 36.8 Å². The first-order valence-electron chi connectivity index (χ1n) is 7.36. The van der Waals surface area contributed by atoms with Crippen molar-refractivity contribution in [3.63, 3.8) is 0 Å². The molecule has 0 saturated carbocycles. The molecule has 2 rings (SSSR count). The van der Waals surface area contributed by atoms with Crippen molar-refractivity contribution in [3.8, 4) is 5.75 Å². The molecule has 24 heavy (non-hydrogen) atoms. The van der Waals surface area contributed by atoms with E-state index < -0.39 is 23.0 Å². The van der Waals surface area contributed by atoms with Gasteiger partial charge in [0.1, 0.15) is 11.4 Å². The highest BCUT2D eigenvalue weighted by atomic mass is 19.3. The van der Waals surface area contributed by atoms with E-state index in [2.05, 4.69) is 5.32 Å². The second kappa shape index (κ2) is 6.97. The maximum atomic E-state index is 14.2. The highest BCUT2D eigenvalue weighted by Gasteiger charge is 2.41. The Balaban J connectivity index is 2.07. The number of methoxy groups -OCH3 is 1. The fourth-order valence-electron chi connectivity index (χ4n) is 2.19. The Labute approximate surface area is 139 Å². The number of carbonyl (C=O) groups is 1. The molecule has 128 valence electrons. The number of hydrogen-bond donors (Lipinski definition) is 2. The van der Waals surface area contributed by atoms with Gasteiger partial charge in [0.15, 0.2) is 0 Å². The van der Waals surface area contributed by atoms with Crippen LogP contribution in [0.3, 0.4) is 0 Å². The van der Waals surface area contributed by atoms with Crippen LogP contribution in [-0.4, -0.2) is 24.7 Å². The van der Waals surface area contributed by atoms with Crippen LogP contribution in [0.5, 0.6) is 5.75 Å². The zero-order valence-electron chi connectivity index (χ0n) is 13.4. The van der Waals surface area contributed by atoms with Crippen molar-refractivity contribution in [2.75, 3.05) is 13.7 Å². The first kappa shape index (κ1) is 17.9. The van der Waals surface area contributed by atoms with Gasteiger partial charge in [0, 0.05) is 5.56 Å². The number of halogens is 2. The molecule has 0 fully saturated rings. The SMILES string of the molecule is COc1ccc(C(F)(F)C(=O)NCC(C)(O)c2ccccc2)cc1. The predicted octanol–water partition coefficient (Wildman–Crippen LogP) is 2.81. The average molecular weight is 335 g/mol. The Kier molecular flexibility index (Phi) is 5.19. The van der Waals surface area contributed by atoms with E-state index >= 15 is 0 Å². The molecule has 1 amide bonds. The summed E-state index contributed by atoms with van der Waals surface area (Å²) in [5.41, 5.74) is -1.37. The summed E-state index contributed by atoms with van der Waals surface area (Å²) in [4.78, 5) is 11.9. The van der Waals surface area contributed by atoms with Gasteiger partial charge in [0.05, 0.1) is 13.7 Å². The topological polar surface area (TPSA) is 58.6 Å². The quantitative estimate of drug-likeness (QED) is 0.853. The van der Waals surface area contributed by atoms with Crippen molar-refractivity contribution < 1.29 is 23.4 Å². The molecule has 1 atom stereocenters. The third-order valence-electron chi connectivity index (χ3n) is 3.73. The van der Waals surface area contributed by atoms with Crippen molar-refractivity contribution >= 4 is 5.91 Å². The summed E-state index contributed by atoms with van der Waals surface area (Å²) in [6.07, 6.45) is 0. The predicted molar refractivity (Wildman–Crippen MR) is 85.9 cm³/mol. The van der Waals surface area contributed by atoms with Crippen molar-refractivity contribution in [2.24, 2.45) is 0 Å². The van der Waals surface area contributed by atoms with Gasteiger partial charge in [0.25, 0.3) is 5.91 Å². The summed E-state index contributed by atoms with van der Waals surface area (Å²) >= 11 is 0. The molecule has 0 aromatic heterocycles. The smallest absolute Gasteiger partial charge is 0.349 e. The molecule has 4 nitrogen and oxygen atoms in total. The summed E-state index contributed by atoms with van der Waals surface area (Å²) in [6.45, 7) is 1.12. The second-order valence-corrected chi connectivity index (χ2v) is 5.63. The summed E-state index contributed by atoms with van der Waals surface area (Å²) in [6, 6.07) is 13.5. The van der Waals surface area contributed by atoms with Gasteiger partial charge in [-0.15, -0.1) is 0 Å².